The number of nitrogens with one attached hydrogen (secondary N) is 1. The quantitative estimate of drug-likeness (QED) is 0.757. The van der Waals surface area contributed by atoms with E-state index in [4.69, 9.17) is 4.74 Å². The van der Waals surface area contributed by atoms with Crippen LogP contribution in [-0.4, -0.2) is 67.0 Å². The average Bonchev–Trinajstić information content (AvgIpc) is 3.14. The van der Waals surface area contributed by atoms with E-state index in [1.54, 1.807) is 30.0 Å². The summed E-state index contributed by atoms with van der Waals surface area (Å²) in [5.74, 6) is 0.0164. The lowest BCUT2D eigenvalue weighted by Crippen LogP contribution is -2.36. The Labute approximate surface area is 194 Å². The van der Waals surface area contributed by atoms with E-state index in [0.29, 0.717) is 30.8 Å². The fraction of sp³-hybridized carbons (Fsp3) is 0.423. The van der Waals surface area contributed by atoms with Crippen LogP contribution in [0.5, 0.6) is 0 Å². The molecule has 1 saturated heterocycles. The zero-order valence-electron chi connectivity index (χ0n) is 19.8. The van der Waals surface area contributed by atoms with Crippen molar-refractivity contribution in [3.63, 3.8) is 0 Å². The van der Waals surface area contributed by atoms with Gasteiger partial charge in [0, 0.05) is 56.7 Å². The predicted octanol–water partition coefficient (Wildman–Crippen LogP) is 3.75. The van der Waals surface area contributed by atoms with Crippen LogP contribution in [0.2, 0.25) is 0 Å². The van der Waals surface area contributed by atoms with Crippen LogP contribution < -0.4 is 5.32 Å². The minimum atomic E-state index is -0.550. The third kappa shape index (κ3) is 4.72. The molecule has 2 atom stereocenters. The lowest BCUT2D eigenvalue weighted by atomic mass is 9.86. The van der Waals surface area contributed by atoms with E-state index in [1.807, 2.05) is 57.2 Å². The van der Waals surface area contributed by atoms with Crippen molar-refractivity contribution in [2.45, 2.75) is 32.3 Å². The highest BCUT2D eigenvalue weighted by Crippen LogP contribution is 2.38. The van der Waals surface area contributed by atoms with Gasteiger partial charge in [0.25, 0.3) is 11.8 Å². The summed E-state index contributed by atoms with van der Waals surface area (Å²) in [6, 6.07) is 13.3. The van der Waals surface area contributed by atoms with Crippen molar-refractivity contribution in [2.24, 2.45) is 5.92 Å². The van der Waals surface area contributed by atoms with Crippen LogP contribution in [0.4, 0.5) is 4.79 Å². The number of ether oxygens (including phenoxy) is 1. The Kier molecular flexibility index (Phi) is 5.91. The van der Waals surface area contributed by atoms with Crippen molar-refractivity contribution in [2.75, 3.05) is 33.7 Å². The highest BCUT2D eigenvalue weighted by atomic mass is 16.6. The van der Waals surface area contributed by atoms with Gasteiger partial charge >= 0.3 is 6.09 Å². The molecule has 2 aromatic carbocycles. The number of benzene rings is 2. The number of nitrogens with zero attached hydrogens (tertiary/aromatic N) is 2. The van der Waals surface area contributed by atoms with E-state index in [2.05, 4.69) is 5.32 Å². The van der Waals surface area contributed by atoms with Gasteiger partial charge in [0.1, 0.15) is 5.60 Å². The fourth-order valence-electron chi connectivity index (χ4n) is 4.57. The Morgan fingerprint density at radius 2 is 1.79 bits per heavy atom. The van der Waals surface area contributed by atoms with Gasteiger partial charge < -0.3 is 19.9 Å². The number of carbonyl (C=O) groups excluding carboxylic acids is 3. The first kappa shape index (κ1) is 22.8. The molecule has 3 amide bonds. The third-order valence-corrected chi connectivity index (χ3v) is 6.16. The van der Waals surface area contributed by atoms with E-state index in [-0.39, 0.29) is 29.7 Å². The van der Waals surface area contributed by atoms with Gasteiger partial charge in [-0.15, -0.1) is 0 Å². The lowest BCUT2D eigenvalue weighted by molar-refractivity contribution is 0.0286. The summed E-state index contributed by atoms with van der Waals surface area (Å²) >= 11 is 0. The van der Waals surface area contributed by atoms with Gasteiger partial charge in [0.05, 0.1) is 0 Å². The molecule has 0 radical (unpaired) electrons. The summed E-state index contributed by atoms with van der Waals surface area (Å²) in [5.41, 5.74) is 3.37. The van der Waals surface area contributed by atoms with Crippen molar-refractivity contribution < 1.29 is 19.1 Å². The van der Waals surface area contributed by atoms with Gasteiger partial charge in [-0.2, -0.15) is 0 Å². The molecule has 174 valence electrons. The van der Waals surface area contributed by atoms with E-state index >= 15 is 0 Å². The maximum absolute atomic E-state index is 12.9. The molecule has 7 nitrogen and oxygen atoms in total. The second kappa shape index (κ2) is 8.54. The van der Waals surface area contributed by atoms with Crippen molar-refractivity contribution >= 4 is 17.9 Å². The third-order valence-electron chi connectivity index (χ3n) is 6.16. The monoisotopic (exact) mass is 449 g/mol. The molecule has 2 aliphatic rings. The number of carbonyl (C=O) groups is 3. The van der Waals surface area contributed by atoms with Crippen LogP contribution in [0, 0.1) is 5.92 Å². The maximum atomic E-state index is 12.9. The second-order valence-electron chi connectivity index (χ2n) is 10.0. The lowest BCUT2D eigenvalue weighted by Gasteiger charge is -2.24. The summed E-state index contributed by atoms with van der Waals surface area (Å²) in [6.07, 6.45) is -0.317. The first-order valence-electron chi connectivity index (χ1n) is 11.3. The second-order valence-corrected chi connectivity index (χ2v) is 10.0. The summed E-state index contributed by atoms with van der Waals surface area (Å²) < 4.78 is 5.56. The minimum absolute atomic E-state index is 0.0576. The molecule has 7 heteroatoms. The SMILES string of the molecule is CN(C)C(=O)c1cccc(-c2ccc3c(c2)C(=O)NCC2CN(C(=O)OC(C)(C)C)CC32)c1. The summed E-state index contributed by atoms with van der Waals surface area (Å²) in [5, 5.41) is 3.02. The molecule has 2 heterocycles. The van der Waals surface area contributed by atoms with E-state index in [1.165, 1.54) is 0 Å². The standard InChI is InChI=1S/C26H31N3O4/c1-26(2,3)33-25(32)29-14-19-13-27-23(30)21-12-17(9-10-20(21)22(19)15-29)16-7-6-8-18(11-16)24(31)28(4)5/h6-12,19,22H,13-15H2,1-5H3,(H,27,30). The Balaban J connectivity index is 1.64. The average molecular weight is 450 g/mol. The molecule has 2 aromatic rings. The fourth-order valence-corrected chi connectivity index (χ4v) is 4.57. The van der Waals surface area contributed by atoms with Crippen molar-refractivity contribution in [3.8, 4) is 11.1 Å². The van der Waals surface area contributed by atoms with Crippen LogP contribution in [0.25, 0.3) is 11.1 Å². The Bertz CT molecular complexity index is 1100. The molecule has 0 aromatic heterocycles. The van der Waals surface area contributed by atoms with E-state index < -0.39 is 5.60 Å². The van der Waals surface area contributed by atoms with Crippen molar-refractivity contribution in [3.05, 3.63) is 59.2 Å². The van der Waals surface area contributed by atoms with Crippen LogP contribution in [0.3, 0.4) is 0 Å². The molecular formula is C26H31N3O4. The van der Waals surface area contributed by atoms with Crippen LogP contribution in [-0.2, 0) is 4.74 Å². The normalized spacial score (nSPS) is 19.8. The molecule has 0 saturated carbocycles. The predicted molar refractivity (Wildman–Crippen MR) is 126 cm³/mol. The number of hydrogen-bond acceptors (Lipinski definition) is 4. The maximum Gasteiger partial charge on any atom is 0.410 e. The molecule has 33 heavy (non-hydrogen) atoms. The zero-order valence-corrected chi connectivity index (χ0v) is 19.8. The molecule has 2 aliphatic heterocycles. The van der Waals surface area contributed by atoms with Crippen molar-refractivity contribution in [1.82, 2.24) is 15.1 Å². The number of likely N-dealkylation sites (tertiary alicyclic amines) is 1. The van der Waals surface area contributed by atoms with Crippen molar-refractivity contribution in [1.29, 1.82) is 0 Å². The van der Waals surface area contributed by atoms with Crippen LogP contribution >= 0.6 is 0 Å². The summed E-state index contributed by atoms with van der Waals surface area (Å²) in [7, 11) is 3.45. The number of amides is 3. The molecule has 0 bridgehead atoms. The smallest absolute Gasteiger partial charge is 0.410 e. The zero-order chi connectivity index (χ0) is 23.9. The van der Waals surface area contributed by atoms with E-state index in [9.17, 15) is 14.4 Å². The molecule has 2 unspecified atom stereocenters. The highest BCUT2D eigenvalue weighted by molar-refractivity contribution is 5.98. The molecule has 0 aliphatic carbocycles. The topological polar surface area (TPSA) is 79.0 Å². The van der Waals surface area contributed by atoms with E-state index in [0.717, 1.165) is 16.7 Å². The van der Waals surface area contributed by atoms with Crippen LogP contribution in [0.1, 0.15) is 53.0 Å². The highest BCUT2D eigenvalue weighted by Gasteiger charge is 2.41. The number of rotatable bonds is 2. The molecule has 1 N–H and O–H groups in total. The number of hydrogen-bond donors (Lipinski definition) is 1. The first-order valence-corrected chi connectivity index (χ1v) is 11.3. The van der Waals surface area contributed by atoms with Gasteiger partial charge in [0.2, 0.25) is 0 Å². The van der Waals surface area contributed by atoms with Gasteiger partial charge in [-0.1, -0.05) is 24.3 Å². The first-order chi connectivity index (χ1) is 15.5. The Morgan fingerprint density at radius 3 is 2.48 bits per heavy atom. The van der Waals surface area contributed by atoms with Gasteiger partial charge in [-0.05, 0) is 55.7 Å². The summed E-state index contributed by atoms with van der Waals surface area (Å²) in [6.45, 7) is 7.16. The molecular weight excluding hydrogens is 418 g/mol. The Hall–Kier alpha value is -3.35. The summed E-state index contributed by atoms with van der Waals surface area (Å²) in [4.78, 5) is 41.2. The minimum Gasteiger partial charge on any atom is -0.444 e. The van der Waals surface area contributed by atoms with Gasteiger partial charge in [-0.3, -0.25) is 9.59 Å². The largest absolute Gasteiger partial charge is 0.444 e. The molecule has 4 rings (SSSR count). The van der Waals surface area contributed by atoms with Gasteiger partial charge in [0.15, 0.2) is 0 Å². The Morgan fingerprint density at radius 1 is 1.06 bits per heavy atom. The number of fused-ring (bicyclic) bond motifs is 3. The molecule has 0 spiro atoms. The molecule has 1 fully saturated rings. The van der Waals surface area contributed by atoms with Gasteiger partial charge in [-0.25, -0.2) is 4.79 Å². The van der Waals surface area contributed by atoms with Crippen LogP contribution in [0.15, 0.2) is 42.5 Å².